The molecule has 0 aliphatic carbocycles. The fourth-order valence-electron chi connectivity index (χ4n) is 2.83. The van der Waals surface area contributed by atoms with E-state index in [4.69, 9.17) is 10.00 Å². The second-order valence-corrected chi connectivity index (χ2v) is 5.64. The highest BCUT2D eigenvalue weighted by Crippen LogP contribution is 2.32. The quantitative estimate of drug-likeness (QED) is 0.832. The molecule has 6 nitrogen and oxygen atoms in total. The molecule has 0 saturated carbocycles. The molecular formula is C20H17N3O3. The standard InChI is InChI=1S/C20H17N3O3/c1-2-26-19(24)16-17(14-6-4-3-5-7-14)22-20(25)23-18(16)15-10-8-13(12-21)9-11-15/h3-11,18H,2H2,1H3,(H2,22,23,25)/t18-/m1/s1. The van der Waals surface area contributed by atoms with Gasteiger partial charge in [-0.05, 0) is 30.2 Å². The van der Waals surface area contributed by atoms with Gasteiger partial charge in [0.05, 0.1) is 35.6 Å². The van der Waals surface area contributed by atoms with Crippen molar-refractivity contribution in [1.82, 2.24) is 10.6 Å². The van der Waals surface area contributed by atoms with Gasteiger partial charge in [-0.25, -0.2) is 9.59 Å². The molecule has 2 amide bonds. The van der Waals surface area contributed by atoms with Crippen molar-refractivity contribution in [2.45, 2.75) is 13.0 Å². The third-order valence-electron chi connectivity index (χ3n) is 4.00. The molecule has 2 aromatic rings. The van der Waals surface area contributed by atoms with Crippen LogP contribution >= 0.6 is 0 Å². The van der Waals surface area contributed by atoms with Crippen LogP contribution in [0.4, 0.5) is 4.79 Å². The molecule has 1 atom stereocenters. The van der Waals surface area contributed by atoms with Crippen molar-refractivity contribution in [1.29, 1.82) is 5.26 Å². The number of urea groups is 1. The summed E-state index contributed by atoms with van der Waals surface area (Å²) < 4.78 is 5.22. The molecule has 0 aromatic heterocycles. The molecule has 1 aliphatic heterocycles. The van der Waals surface area contributed by atoms with Gasteiger partial charge in [0.2, 0.25) is 0 Å². The zero-order valence-electron chi connectivity index (χ0n) is 14.2. The maximum absolute atomic E-state index is 12.7. The van der Waals surface area contributed by atoms with Crippen LogP contribution in [-0.2, 0) is 9.53 Å². The second-order valence-electron chi connectivity index (χ2n) is 5.64. The van der Waals surface area contributed by atoms with Crippen LogP contribution in [0.3, 0.4) is 0 Å². The van der Waals surface area contributed by atoms with E-state index < -0.39 is 18.0 Å². The Hall–Kier alpha value is -3.59. The zero-order chi connectivity index (χ0) is 18.5. The summed E-state index contributed by atoms with van der Waals surface area (Å²) in [6, 6.07) is 16.8. The van der Waals surface area contributed by atoms with E-state index in [1.807, 2.05) is 30.3 Å². The predicted octanol–water partition coefficient (Wildman–Crippen LogP) is 2.89. The Balaban J connectivity index is 2.15. The third-order valence-corrected chi connectivity index (χ3v) is 4.00. The van der Waals surface area contributed by atoms with Gasteiger partial charge in [-0.3, -0.25) is 0 Å². The van der Waals surface area contributed by atoms with Crippen molar-refractivity contribution >= 4 is 17.7 Å². The molecule has 0 bridgehead atoms. The average Bonchev–Trinajstić information content (AvgIpc) is 2.68. The van der Waals surface area contributed by atoms with Crippen molar-refractivity contribution in [2.24, 2.45) is 0 Å². The minimum atomic E-state index is -0.675. The number of hydrogen-bond acceptors (Lipinski definition) is 4. The molecule has 6 heteroatoms. The number of carbonyl (C=O) groups excluding carboxylic acids is 2. The zero-order valence-corrected chi connectivity index (χ0v) is 14.2. The van der Waals surface area contributed by atoms with Crippen molar-refractivity contribution in [3.05, 3.63) is 76.9 Å². The largest absolute Gasteiger partial charge is 0.463 e. The van der Waals surface area contributed by atoms with Gasteiger partial charge in [0.25, 0.3) is 0 Å². The predicted molar refractivity (Wildman–Crippen MR) is 95.6 cm³/mol. The van der Waals surface area contributed by atoms with E-state index in [-0.39, 0.29) is 6.61 Å². The molecule has 0 radical (unpaired) electrons. The highest BCUT2D eigenvalue weighted by molar-refractivity contribution is 6.04. The molecule has 0 spiro atoms. The van der Waals surface area contributed by atoms with Gasteiger partial charge in [-0.15, -0.1) is 0 Å². The molecule has 0 unspecified atom stereocenters. The lowest BCUT2D eigenvalue weighted by molar-refractivity contribution is -0.138. The van der Waals surface area contributed by atoms with Gasteiger partial charge >= 0.3 is 12.0 Å². The topological polar surface area (TPSA) is 91.2 Å². The second kappa shape index (κ2) is 7.53. The Labute approximate surface area is 151 Å². The molecule has 1 heterocycles. The first-order valence-corrected chi connectivity index (χ1v) is 8.18. The van der Waals surface area contributed by atoms with E-state index in [1.165, 1.54) is 0 Å². The lowest BCUT2D eigenvalue weighted by Crippen LogP contribution is -2.45. The summed E-state index contributed by atoms with van der Waals surface area (Å²) in [7, 11) is 0. The summed E-state index contributed by atoms with van der Waals surface area (Å²) in [5.74, 6) is -0.506. The number of nitrogens with zero attached hydrogens (tertiary/aromatic N) is 1. The molecule has 3 rings (SSSR count). The molecule has 0 fully saturated rings. The molecule has 0 saturated heterocycles. The van der Waals surface area contributed by atoms with E-state index in [1.54, 1.807) is 31.2 Å². The van der Waals surface area contributed by atoms with Crippen LogP contribution in [0, 0.1) is 11.3 Å². The summed E-state index contributed by atoms with van der Waals surface area (Å²) in [5.41, 5.74) is 2.64. The number of benzene rings is 2. The Bertz CT molecular complexity index is 896. The number of hydrogen-bond donors (Lipinski definition) is 2. The first-order chi connectivity index (χ1) is 12.6. The van der Waals surface area contributed by atoms with Gasteiger partial charge in [-0.2, -0.15) is 5.26 Å². The van der Waals surface area contributed by atoms with E-state index in [2.05, 4.69) is 16.7 Å². The Morgan fingerprint density at radius 3 is 2.46 bits per heavy atom. The number of carbonyl (C=O) groups is 2. The van der Waals surface area contributed by atoms with Crippen molar-refractivity contribution in [2.75, 3.05) is 6.61 Å². The van der Waals surface area contributed by atoms with Gasteiger partial charge in [0.1, 0.15) is 0 Å². The van der Waals surface area contributed by atoms with Gasteiger partial charge in [0, 0.05) is 0 Å². The van der Waals surface area contributed by atoms with Crippen LogP contribution in [0.2, 0.25) is 0 Å². The van der Waals surface area contributed by atoms with E-state index in [9.17, 15) is 9.59 Å². The first kappa shape index (κ1) is 17.2. The number of amides is 2. The summed E-state index contributed by atoms with van der Waals surface area (Å²) in [6.45, 7) is 1.95. The summed E-state index contributed by atoms with van der Waals surface area (Å²) in [6.07, 6.45) is 0. The van der Waals surface area contributed by atoms with Crippen molar-refractivity contribution in [3.8, 4) is 6.07 Å². The maximum Gasteiger partial charge on any atom is 0.338 e. The Morgan fingerprint density at radius 2 is 1.85 bits per heavy atom. The molecule has 2 aromatic carbocycles. The smallest absolute Gasteiger partial charge is 0.338 e. The highest BCUT2D eigenvalue weighted by atomic mass is 16.5. The maximum atomic E-state index is 12.7. The lowest BCUT2D eigenvalue weighted by Gasteiger charge is -2.29. The Morgan fingerprint density at radius 1 is 1.15 bits per heavy atom. The molecule has 130 valence electrons. The number of esters is 1. The lowest BCUT2D eigenvalue weighted by atomic mass is 9.92. The van der Waals surface area contributed by atoms with Crippen LogP contribution in [0.25, 0.3) is 5.70 Å². The van der Waals surface area contributed by atoms with Crippen LogP contribution < -0.4 is 10.6 Å². The number of rotatable bonds is 4. The highest BCUT2D eigenvalue weighted by Gasteiger charge is 2.34. The SMILES string of the molecule is CCOC(=O)C1=C(c2ccccc2)NC(=O)N[C@@H]1c1ccc(C#N)cc1. The van der Waals surface area contributed by atoms with Gasteiger partial charge < -0.3 is 15.4 Å². The van der Waals surface area contributed by atoms with E-state index in [0.717, 1.165) is 0 Å². The van der Waals surface area contributed by atoms with Crippen LogP contribution in [-0.4, -0.2) is 18.6 Å². The summed E-state index contributed by atoms with van der Waals surface area (Å²) in [5, 5.41) is 14.5. The fraction of sp³-hybridized carbons (Fsp3) is 0.150. The first-order valence-electron chi connectivity index (χ1n) is 8.18. The van der Waals surface area contributed by atoms with Crippen LogP contribution in [0.5, 0.6) is 0 Å². The molecule has 2 N–H and O–H groups in total. The fourth-order valence-corrected chi connectivity index (χ4v) is 2.83. The minimum Gasteiger partial charge on any atom is -0.463 e. The number of ether oxygens (including phenoxy) is 1. The molecule has 1 aliphatic rings. The normalized spacial score (nSPS) is 16.3. The van der Waals surface area contributed by atoms with Crippen LogP contribution in [0.1, 0.15) is 29.7 Å². The van der Waals surface area contributed by atoms with E-state index in [0.29, 0.717) is 28.0 Å². The van der Waals surface area contributed by atoms with E-state index >= 15 is 0 Å². The monoisotopic (exact) mass is 347 g/mol. The minimum absolute atomic E-state index is 0.221. The van der Waals surface area contributed by atoms with Gasteiger partial charge in [0.15, 0.2) is 0 Å². The average molecular weight is 347 g/mol. The van der Waals surface area contributed by atoms with Crippen LogP contribution in [0.15, 0.2) is 60.2 Å². The Kier molecular flexibility index (Phi) is 4.99. The molecule has 26 heavy (non-hydrogen) atoms. The third kappa shape index (κ3) is 3.42. The summed E-state index contributed by atoms with van der Waals surface area (Å²) >= 11 is 0. The van der Waals surface area contributed by atoms with Gasteiger partial charge in [-0.1, -0.05) is 42.5 Å². The number of nitrogens with one attached hydrogen (secondary N) is 2. The summed E-state index contributed by atoms with van der Waals surface area (Å²) in [4.78, 5) is 24.9. The molecular weight excluding hydrogens is 330 g/mol. The number of nitriles is 1. The van der Waals surface area contributed by atoms with Crippen molar-refractivity contribution < 1.29 is 14.3 Å². The van der Waals surface area contributed by atoms with Crippen molar-refractivity contribution in [3.63, 3.8) is 0 Å².